The third-order valence-corrected chi connectivity index (χ3v) is 6.27. The van der Waals surface area contributed by atoms with Crippen LogP contribution in [0, 0.1) is 0 Å². The minimum Gasteiger partial charge on any atom is -0.352 e. The highest BCUT2D eigenvalue weighted by Gasteiger charge is 2.20. The molecule has 0 aromatic heterocycles. The molecule has 0 saturated carbocycles. The topological polar surface area (TPSA) is 66.5 Å². The van der Waals surface area contributed by atoms with Crippen molar-refractivity contribution in [1.29, 1.82) is 0 Å². The molecular formula is C21H26N2O3S. The predicted molar refractivity (Wildman–Crippen MR) is 109 cm³/mol. The monoisotopic (exact) mass is 386 g/mol. The second-order valence-electron chi connectivity index (χ2n) is 6.02. The minimum atomic E-state index is -3.46. The molecule has 2 aromatic rings. The molecule has 0 radical (unpaired) electrons. The molecule has 2 aromatic carbocycles. The average molecular weight is 387 g/mol. The molecule has 27 heavy (non-hydrogen) atoms. The van der Waals surface area contributed by atoms with E-state index in [0.29, 0.717) is 19.6 Å². The largest absolute Gasteiger partial charge is 0.352 e. The fourth-order valence-corrected chi connectivity index (χ4v) is 4.13. The van der Waals surface area contributed by atoms with Gasteiger partial charge in [0, 0.05) is 25.7 Å². The Balaban J connectivity index is 1.90. The number of nitrogens with zero attached hydrogens (tertiary/aromatic N) is 1. The Morgan fingerprint density at radius 1 is 1.00 bits per heavy atom. The van der Waals surface area contributed by atoms with E-state index < -0.39 is 10.0 Å². The fraction of sp³-hybridized carbons (Fsp3) is 0.286. The van der Waals surface area contributed by atoms with Crippen LogP contribution in [0.3, 0.4) is 0 Å². The lowest BCUT2D eigenvalue weighted by molar-refractivity contribution is -0.116. The van der Waals surface area contributed by atoms with Crippen molar-refractivity contribution >= 4 is 22.0 Å². The van der Waals surface area contributed by atoms with E-state index >= 15 is 0 Å². The Morgan fingerprint density at radius 2 is 1.63 bits per heavy atom. The predicted octanol–water partition coefficient (Wildman–Crippen LogP) is 3.09. The lowest BCUT2D eigenvalue weighted by atomic mass is 10.1. The van der Waals surface area contributed by atoms with Gasteiger partial charge in [-0.25, -0.2) is 8.42 Å². The third kappa shape index (κ3) is 6.05. The first-order valence-corrected chi connectivity index (χ1v) is 10.5. The van der Waals surface area contributed by atoms with Gasteiger partial charge in [0.2, 0.25) is 15.9 Å². The van der Waals surface area contributed by atoms with Crippen LogP contribution < -0.4 is 5.32 Å². The van der Waals surface area contributed by atoms with E-state index in [2.05, 4.69) is 5.32 Å². The second-order valence-corrected chi connectivity index (χ2v) is 7.96. The Bertz CT molecular complexity index is 856. The van der Waals surface area contributed by atoms with Gasteiger partial charge < -0.3 is 5.32 Å². The molecular weight excluding hydrogens is 360 g/mol. The van der Waals surface area contributed by atoms with Gasteiger partial charge in [-0.1, -0.05) is 56.3 Å². The van der Waals surface area contributed by atoms with Gasteiger partial charge >= 0.3 is 0 Å². The van der Waals surface area contributed by atoms with Crippen LogP contribution in [-0.2, 0) is 21.2 Å². The lowest BCUT2D eigenvalue weighted by Gasteiger charge is -2.18. The summed E-state index contributed by atoms with van der Waals surface area (Å²) in [5.74, 6) is -0.175. The summed E-state index contributed by atoms with van der Waals surface area (Å²) in [6, 6.07) is 16.5. The number of sulfonamides is 1. The second kappa shape index (κ2) is 10.0. The molecule has 1 N–H and O–H groups in total. The molecule has 0 aliphatic rings. The van der Waals surface area contributed by atoms with Crippen LogP contribution in [0.1, 0.15) is 25.0 Å². The van der Waals surface area contributed by atoms with Gasteiger partial charge in [-0.3, -0.25) is 4.79 Å². The van der Waals surface area contributed by atoms with E-state index in [-0.39, 0.29) is 10.8 Å². The maximum atomic E-state index is 12.5. The number of rotatable bonds is 9. The summed E-state index contributed by atoms with van der Waals surface area (Å²) in [6.45, 7) is 5.06. The van der Waals surface area contributed by atoms with Crippen LogP contribution in [-0.4, -0.2) is 38.3 Å². The zero-order chi connectivity index (χ0) is 19.7. The van der Waals surface area contributed by atoms with Gasteiger partial charge in [0.15, 0.2) is 0 Å². The summed E-state index contributed by atoms with van der Waals surface area (Å²) >= 11 is 0. The zero-order valence-corrected chi connectivity index (χ0v) is 16.6. The molecule has 5 nitrogen and oxygen atoms in total. The quantitative estimate of drug-likeness (QED) is 0.674. The standard InChI is InChI=1S/C21H26N2O3S/c1-3-23(4-2)27(25,26)20-13-10-19(11-14-20)12-15-21(24)22-17-16-18-8-6-5-7-9-18/h5-15H,3-4,16-17H2,1-2H3,(H,22,24)/b15-12+. The van der Waals surface area contributed by atoms with Gasteiger partial charge in [-0.05, 0) is 35.8 Å². The first kappa shape index (κ1) is 20.9. The first-order chi connectivity index (χ1) is 13.0. The highest BCUT2D eigenvalue weighted by molar-refractivity contribution is 7.89. The Kier molecular flexibility index (Phi) is 7.76. The van der Waals surface area contributed by atoms with Gasteiger partial charge in [0.1, 0.15) is 0 Å². The maximum Gasteiger partial charge on any atom is 0.244 e. The Morgan fingerprint density at radius 3 is 2.22 bits per heavy atom. The number of amides is 1. The Hall–Kier alpha value is -2.44. The van der Waals surface area contributed by atoms with Crippen LogP contribution >= 0.6 is 0 Å². The number of hydrogen-bond donors (Lipinski definition) is 1. The van der Waals surface area contributed by atoms with E-state index in [1.54, 1.807) is 30.3 Å². The number of carbonyl (C=O) groups is 1. The summed E-state index contributed by atoms with van der Waals surface area (Å²) in [5.41, 5.74) is 1.94. The molecule has 0 saturated heterocycles. The number of nitrogens with one attached hydrogen (secondary N) is 1. The van der Waals surface area contributed by atoms with Gasteiger partial charge in [0.05, 0.1) is 4.90 Å². The van der Waals surface area contributed by atoms with Crippen LogP contribution in [0.2, 0.25) is 0 Å². The third-order valence-electron chi connectivity index (χ3n) is 4.21. The zero-order valence-electron chi connectivity index (χ0n) is 15.8. The molecule has 0 heterocycles. The van der Waals surface area contributed by atoms with Crippen molar-refractivity contribution in [3.8, 4) is 0 Å². The molecule has 2 rings (SSSR count). The summed E-state index contributed by atoms with van der Waals surface area (Å²) in [6.07, 6.45) is 3.91. The maximum absolute atomic E-state index is 12.5. The smallest absolute Gasteiger partial charge is 0.244 e. The average Bonchev–Trinajstić information content (AvgIpc) is 2.68. The van der Waals surface area contributed by atoms with Gasteiger partial charge in [-0.15, -0.1) is 0 Å². The lowest BCUT2D eigenvalue weighted by Crippen LogP contribution is -2.30. The van der Waals surface area contributed by atoms with Gasteiger partial charge in [0.25, 0.3) is 0 Å². The summed E-state index contributed by atoms with van der Waals surface area (Å²) in [5, 5.41) is 2.84. The Labute approximate surface area is 161 Å². The van der Waals surface area contributed by atoms with Gasteiger partial charge in [-0.2, -0.15) is 4.31 Å². The van der Waals surface area contributed by atoms with Crippen LogP contribution in [0.15, 0.2) is 65.6 Å². The molecule has 0 fully saturated rings. The van der Waals surface area contributed by atoms with E-state index in [4.69, 9.17) is 0 Å². The van der Waals surface area contributed by atoms with E-state index in [9.17, 15) is 13.2 Å². The van der Waals surface area contributed by atoms with Crippen molar-refractivity contribution in [2.24, 2.45) is 0 Å². The van der Waals surface area contributed by atoms with Crippen molar-refractivity contribution < 1.29 is 13.2 Å². The van der Waals surface area contributed by atoms with Crippen molar-refractivity contribution in [1.82, 2.24) is 9.62 Å². The molecule has 0 aliphatic carbocycles. The first-order valence-electron chi connectivity index (χ1n) is 9.07. The highest BCUT2D eigenvalue weighted by Crippen LogP contribution is 2.16. The fourth-order valence-electron chi connectivity index (χ4n) is 2.67. The van der Waals surface area contributed by atoms with Crippen molar-refractivity contribution in [3.05, 3.63) is 71.8 Å². The van der Waals surface area contributed by atoms with Crippen LogP contribution in [0.25, 0.3) is 6.08 Å². The van der Waals surface area contributed by atoms with E-state index in [1.165, 1.54) is 15.9 Å². The van der Waals surface area contributed by atoms with E-state index in [1.807, 2.05) is 44.2 Å². The number of hydrogen-bond acceptors (Lipinski definition) is 3. The summed E-state index contributed by atoms with van der Waals surface area (Å²) in [7, 11) is -3.46. The highest BCUT2D eigenvalue weighted by atomic mass is 32.2. The molecule has 0 spiro atoms. The summed E-state index contributed by atoms with van der Waals surface area (Å²) < 4.78 is 26.3. The van der Waals surface area contributed by atoms with Crippen LogP contribution in [0.4, 0.5) is 0 Å². The molecule has 1 amide bonds. The molecule has 0 atom stereocenters. The number of benzene rings is 2. The normalized spacial score (nSPS) is 11.8. The molecule has 144 valence electrons. The van der Waals surface area contributed by atoms with Crippen LogP contribution in [0.5, 0.6) is 0 Å². The molecule has 0 aliphatic heterocycles. The molecule has 0 unspecified atom stereocenters. The van der Waals surface area contributed by atoms with Crippen molar-refractivity contribution in [3.63, 3.8) is 0 Å². The minimum absolute atomic E-state index is 0.175. The van der Waals surface area contributed by atoms with Crippen molar-refractivity contribution in [2.75, 3.05) is 19.6 Å². The molecule has 6 heteroatoms. The molecule has 0 bridgehead atoms. The summed E-state index contributed by atoms with van der Waals surface area (Å²) in [4.78, 5) is 12.2. The SMILES string of the molecule is CCN(CC)S(=O)(=O)c1ccc(/C=C/C(=O)NCCc2ccccc2)cc1. The van der Waals surface area contributed by atoms with Crippen molar-refractivity contribution in [2.45, 2.75) is 25.2 Å². The van der Waals surface area contributed by atoms with E-state index in [0.717, 1.165) is 12.0 Å². The number of carbonyl (C=O) groups excluding carboxylic acids is 1.